The first-order valence-electron chi connectivity index (χ1n) is 10.4. The van der Waals surface area contributed by atoms with Crippen molar-refractivity contribution < 1.29 is 24.2 Å². The first kappa shape index (κ1) is 23.5. The number of carbonyl (C=O) groups excluding carboxylic acids is 1. The molecular weight excluding hydrogens is 470 g/mol. The standard InChI is InChI=1S/C26H21NO5S2/c28-24(29)15-27-25(30)23(34-26(27)33)14-20-11-12-21(31-16-18-7-3-1-4-8-18)22(13-20)32-17-19-9-5-2-6-10-19/h1-14H,15-17H2,(H,28,29)/b23-14+. The van der Waals surface area contributed by atoms with Gasteiger partial charge in [-0.05, 0) is 34.9 Å². The molecule has 1 amide bonds. The summed E-state index contributed by atoms with van der Waals surface area (Å²) in [6.45, 7) is 0.280. The zero-order valence-corrected chi connectivity index (χ0v) is 19.7. The predicted octanol–water partition coefficient (Wildman–Crippen LogP) is 5.13. The van der Waals surface area contributed by atoms with Gasteiger partial charge in [-0.1, -0.05) is 90.7 Å². The van der Waals surface area contributed by atoms with Crippen molar-refractivity contribution in [1.29, 1.82) is 0 Å². The van der Waals surface area contributed by atoms with Crippen LogP contribution in [-0.4, -0.2) is 32.7 Å². The molecule has 0 saturated carbocycles. The van der Waals surface area contributed by atoms with Crippen molar-refractivity contribution in [3.05, 3.63) is 100 Å². The molecule has 0 aliphatic carbocycles. The normalized spacial score (nSPS) is 14.5. The number of amides is 1. The van der Waals surface area contributed by atoms with E-state index in [0.29, 0.717) is 35.2 Å². The van der Waals surface area contributed by atoms with Crippen molar-refractivity contribution in [2.24, 2.45) is 0 Å². The fourth-order valence-electron chi connectivity index (χ4n) is 3.24. The van der Waals surface area contributed by atoms with Gasteiger partial charge in [0, 0.05) is 0 Å². The Morgan fingerprint density at radius 1 is 0.912 bits per heavy atom. The highest BCUT2D eigenvalue weighted by Crippen LogP contribution is 2.35. The zero-order valence-electron chi connectivity index (χ0n) is 18.0. The molecule has 4 rings (SSSR count). The van der Waals surface area contributed by atoms with E-state index in [1.54, 1.807) is 18.2 Å². The van der Waals surface area contributed by atoms with Gasteiger partial charge >= 0.3 is 5.97 Å². The summed E-state index contributed by atoms with van der Waals surface area (Å²) in [6.07, 6.45) is 1.68. The molecule has 1 fully saturated rings. The minimum atomic E-state index is -1.12. The Morgan fingerprint density at radius 3 is 2.09 bits per heavy atom. The second kappa shape index (κ2) is 11.0. The molecule has 0 spiro atoms. The predicted molar refractivity (Wildman–Crippen MR) is 136 cm³/mol. The Hall–Kier alpha value is -3.62. The molecule has 0 unspecified atom stereocenters. The topological polar surface area (TPSA) is 76.1 Å². The van der Waals surface area contributed by atoms with Gasteiger partial charge in [0.15, 0.2) is 11.5 Å². The van der Waals surface area contributed by atoms with Crippen molar-refractivity contribution in [3.8, 4) is 11.5 Å². The number of hydrogen-bond donors (Lipinski definition) is 1. The number of benzene rings is 3. The van der Waals surface area contributed by atoms with Crippen LogP contribution in [0.15, 0.2) is 83.8 Å². The van der Waals surface area contributed by atoms with Crippen LogP contribution in [0.1, 0.15) is 16.7 Å². The molecule has 0 bridgehead atoms. The van der Waals surface area contributed by atoms with E-state index in [1.807, 2.05) is 66.7 Å². The molecule has 1 N–H and O–H groups in total. The maximum absolute atomic E-state index is 12.6. The monoisotopic (exact) mass is 491 g/mol. The Balaban J connectivity index is 1.57. The first-order valence-corrected chi connectivity index (χ1v) is 11.7. The van der Waals surface area contributed by atoms with E-state index < -0.39 is 18.4 Å². The molecule has 1 saturated heterocycles. The largest absolute Gasteiger partial charge is 0.485 e. The number of ether oxygens (including phenoxy) is 2. The summed E-state index contributed by atoms with van der Waals surface area (Å²) >= 11 is 6.25. The Morgan fingerprint density at radius 2 is 1.50 bits per heavy atom. The molecule has 8 heteroatoms. The molecule has 6 nitrogen and oxygen atoms in total. The van der Waals surface area contributed by atoms with Crippen LogP contribution in [0.4, 0.5) is 0 Å². The maximum atomic E-state index is 12.6. The highest BCUT2D eigenvalue weighted by atomic mass is 32.2. The van der Waals surface area contributed by atoms with Gasteiger partial charge in [0.2, 0.25) is 0 Å². The van der Waals surface area contributed by atoms with Gasteiger partial charge in [0.1, 0.15) is 24.1 Å². The van der Waals surface area contributed by atoms with Crippen molar-refractivity contribution in [3.63, 3.8) is 0 Å². The molecule has 1 aliphatic heterocycles. The average Bonchev–Trinajstić information content (AvgIpc) is 3.10. The summed E-state index contributed by atoms with van der Waals surface area (Å²) in [4.78, 5) is 25.1. The number of nitrogens with zero attached hydrogens (tertiary/aromatic N) is 1. The molecular formula is C26H21NO5S2. The molecule has 172 valence electrons. The lowest BCUT2D eigenvalue weighted by molar-refractivity contribution is -0.140. The van der Waals surface area contributed by atoms with Gasteiger partial charge in [-0.3, -0.25) is 14.5 Å². The van der Waals surface area contributed by atoms with Crippen LogP contribution in [-0.2, 0) is 22.8 Å². The van der Waals surface area contributed by atoms with Gasteiger partial charge < -0.3 is 14.6 Å². The van der Waals surface area contributed by atoms with E-state index in [0.717, 1.165) is 27.8 Å². The van der Waals surface area contributed by atoms with Crippen molar-refractivity contribution in [2.45, 2.75) is 13.2 Å². The van der Waals surface area contributed by atoms with Crippen LogP contribution in [0.5, 0.6) is 11.5 Å². The molecule has 34 heavy (non-hydrogen) atoms. The molecule has 3 aromatic carbocycles. The van der Waals surface area contributed by atoms with E-state index in [-0.39, 0.29) is 4.32 Å². The van der Waals surface area contributed by atoms with Crippen LogP contribution in [0.25, 0.3) is 6.08 Å². The minimum absolute atomic E-state index is 0.224. The van der Waals surface area contributed by atoms with E-state index in [1.165, 1.54) is 0 Å². The summed E-state index contributed by atoms with van der Waals surface area (Å²) in [7, 11) is 0. The van der Waals surface area contributed by atoms with E-state index in [2.05, 4.69) is 0 Å². The second-order valence-corrected chi connectivity index (χ2v) is 9.09. The number of thiocarbonyl (C=S) groups is 1. The Bertz CT molecular complexity index is 1230. The third-order valence-electron chi connectivity index (χ3n) is 4.91. The number of carboxylic acids is 1. The second-order valence-electron chi connectivity index (χ2n) is 7.42. The third-order valence-corrected chi connectivity index (χ3v) is 6.28. The van der Waals surface area contributed by atoms with Crippen LogP contribution in [0.2, 0.25) is 0 Å². The van der Waals surface area contributed by atoms with Crippen molar-refractivity contribution in [2.75, 3.05) is 6.54 Å². The van der Waals surface area contributed by atoms with Gasteiger partial charge in [-0.2, -0.15) is 0 Å². The third kappa shape index (κ3) is 6.03. The lowest BCUT2D eigenvalue weighted by Crippen LogP contribution is -2.33. The number of aliphatic carboxylic acids is 1. The quantitative estimate of drug-likeness (QED) is 0.328. The van der Waals surface area contributed by atoms with E-state index >= 15 is 0 Å². The highest BCUT2D eigenvalue weighted by Gasteiger charge is 2.33. The first-order chi connectivity index (χ1) is 16.5. The maximum Gasteiger partial charge on any atom is 0.323 e. The van der Waals surface area contributed by atoms with Gasteiger partial charge in [-0.15, -0.1) is 0 Å². The van der Waals surface area contributed by atoms with E-state index in [9.17, 15) is 9.59 Å². The lowest BCUT2D eigenvalue weighted by atomic mass is 10.1. The number of hydrogen-bond acceptors (Lipinski definition) is 6. The van der Waals surface area contributed by atoms with Crippen molar-refractivity contribution in [1.82, 2.24) is 4.90 Å². The van der Waals surface area contributed by atoms with Crippen LogP contribution in [0, 0.1) is 0 Å². The smallest absolute Gasteiger partial charge is 0.323 e. The fourth-order valence-corrected chi connectivity index (χ4v) is 4.50. The van der Waals surface area contributed by atoms with Gasteiger partial charge in [0.25, 0.3) is 5.91 Å². The zero-order chi connectivity index (χ0) is 23.9. The van der Waals surface area contributed by atoms with Gasteiger partial charge in [0.05, 0.1) is 4.91 Å². The fraction of sp³-hybridized carbons (Fsp3) is 0.115. The number of carbonyl (C=O) groups is 2. The summed E-state index contributed by atoms with van der Waals surface area (Å²) in [5.74, 6) is -0.424. The molecule has 0 atom stereocenters. The minimum Gasteiger partial charge on any atom is -0.485 e. The molecule has 0 aromatic heterocycles. The molecule has 1 aliphatic rings. The lowest BCUT2D eigenvalue weighted by Gasteiger charge is -2.14. The molecule has 1 heterocycles. The molecule has 0 radical (unpaired) electrons. The summed E-state index contributed by atoms with van der Waals surface area (Å²) < 4.78 is 12.3. The van der Waals surface area contributed by atoms with Crippen LogP contribution in [0.3, 0.4) is 0 Å². The van der Waals surface area contributed by atoms with E-state index in [4.69, 9.17) is 26.8 Å². The Labute approximate surface area is 206 Å². The summed E-state index contributed by atoms with van der Waals surface area (Å²) in [5, 5.41) is 9.03. The Kier molecular flexibility index (Phi) is 7.61. The number of carboxylic acid groups (broad SMARTS) is 1. The van der Waals surface area contributed by atoms with Gasteiger partial charge in [-0.25, -0.2) is 0 Å². The highest BCUT2D eigenvalue weighted by molar-refractivity contribution is 8.26. The summed E-state index contributed by atoms with van der Waals surface area (Å²) in [6, 6.07) is 25.0. The average molecular weight is 492 g/mol. The summed E-state index contributed by atoms with van der Waals surface area (Å²) in [5.41, 5.74) is 2.75. The molecule has 3 aromatic rings. The van der Waals surface area contributed by atoms with Crippen LogP contribution < -0.4 is 9.47 Å². The SMILES string of the molecule is O=C(O)CN1C(=O)/C(=C\c2ccc(OCc3ccccc3)c(OCc3ccccc3)c2)SC1=S. The number of rotatable bonds is 9. The van der Waals surface area contributed by atoms with Crippen LogP contribution >= 0.6 is 24.0 Å². The number of thioether (sulfide) groups is 1. The van der Waals surface area contributed by atoms with Crippen molar-refractivity contribution >= 4 is 46.3 Å².